The van der Waals surface area contributed by atoms with E-state index in [1.165, 1.54) is 0 Å². The van der Waals surface area contributed by atoms with Crippen molar-refractivity contribution in [3.8, 4) is 0 Å². The Balaban J connectivity index is 2.28. The Hall–Kier alpha value is -1.07. The third-order valence-electron chi connectivity index (χ3n) is 2.45. The molecule has 17 heavy (non-hydrogen) atoms. The van der Waals surface area contributed by atoms with Crippen LogP contribution in [0.3, 0.4) is 0 Å². The summed E-state index contributed by atoms with van der Waals surface area (Å²) in [5, 5.41) is 26.6. The second-order valence-corrected chi connectivity index (χ2v) is 5.10. The number of primary sulfonamides is 1. The number of aliphatic hydroxyl groups excluding tert-OH is 2. The molecule has 1 aliphatic rings. The first-order valence-electron chi connectivity index (χ1n) is 4.80. The first-order valence-corrected chi connectivity index (χ1v) is 6.35. The first kappa shape index (κ1) is 12.4. The summed E-state index contributed by atoms with van der Waals surface area (Å²) in [4.78, 5) is 3.52. The van der Waals surface area contributed by atoms with Crippen LogP contribution in [-0.2, 0) is 14.8 Å². The largest absolute Gasteiger partial charge is 0.394 e. The molecule has 1 aromatic heterocycles. The van der Waals surface area contributed by atoms with Gasteiger partial charge in [-0.25, -0.2) is 23.2 Å². The molecule has 9 nitrogen and oxygen atoms in total. The van der Waals surface area contributed by atoms with E-state index in [9.17, 15) is 13.5 Å². The molecule has 1 aliphatic heterocycles. The zero-order valence-electron chi connectivity index (χ0n) is 8.67. The van der Waals surface area contributed by atoms with E-state index in [1.54, 1.807) is 0 Å². The smallest absolute Gasteiger partial charge is 0.273 e. The van der Waals surface area contributed by atoms with Crippen LogP contribution in [0.15, 0.2) is 11.5 Å². The summed E-state index contributed by atoms with van der Waals surface area (Å²) >= 11 is 0. The number of aromatic nitrogens is 3. The summed E-state index contributed by atoms with van der Waals surface area (Å²) in [7, 11) is -4.00. The maximum absolute atomic E-state index is 11.2. The molecule has 3 atom stereocenters. The van der Waals surface area contributed by atoms with Gasteiger partial charge in [-0.15, -0.1) is 0 Å². The van der Waals surface area contributed by atoms with Crippen LogP contribution in [0, 0.1) is 0 Å². The average Bonchev–Trinajstić information content (AvgIpc) is 2.81. The summed E-state index contributed by atoms with van der Waals surface area (Å²) < 4.78 is 28.6. The van der Waals surface area contributed by atoms with Gasteiger partial charge >= 0.3 is 0 Å². The number of hydrogen-bond donors (Lipinski definition) is 3. The predicted molar refractivity (Wildman–Crippen MR) is 53.0 cm³/mol. The van der Waals surface area contributed by atoms with Gasteiger partial charge in [0.25, 0.3) is 15.2 Å². The summed E-state index contributed by atoms with van der Waals surface area (Å²) in [6.07, 6.45) is -1.32. The summed E-state index contributed by atoms with van der Waals surface area (Å²) in [6, 6.07) is 0. The summed E-state index contributed by atoms with van der Waals surface area (Å²) in [6.45, 7) is -0.364. The molecule has 1 aromatic rings. The molecule has 0 aliphatic carbocycles. The Morgan fingerprint density at radius 3 is 2.88 bits per heavy atom. The van der Waals surface area contributed by atoms with E-state index >= 15 is 0 Å². The molecule has 0 spiro atoms. The minimum absolute atomic E-state index is 0.108. The van der Waals surface area contributed by atoms with E-state index in [4.69, 9.17) is 15.0 Å². The Morgan fingerprint density at radius 2 is 2.35 bits per heavy atom. The van der Waals surface area contributed by atoms with Gasteiger partial charge < -0.3 is 14.9 Å². The summed E-state index contributed by atoms with van der Waals surface area (Å²) in [5.41, 5.74) is 0. The van der Waals surface area contributed by atoms with Crippen LogP contribution >= 0.6 is 0 Å². The van der Waals surface area contributed by atoms with Crippen LogP contribution in [0.4, 0.5) is 0 Å². The van der Waals surface area contributed by atoms with Crippen LogP contribution in [0.25, 0.3) is 0 Å². The van der Waals surface area contributed by atoms with E-state index < -0.39 is 33.6 Å². The predicted octanol–water partition coefficient (Wildman–Crippen LogP) is -2.43. The number of nitrogens with zero attached hydrogens (tertiary/aromatic N) is 3. The van der Waals surface area contributed by atoms with Crippen molar-refractivity contribution >= 4 is 10.0 Å². The Morgan fingerprint density at radius 1 is 1.65 bits per heavy atom. The van der Waals surface area contributed by atoms with Gasteiger partial charge in [-0.1, -0.05) is 0 Å². The van der Waals surface area contributed by atoms with Gasteiger partial charge in [0.15, 0.2) is 6.23 Å². The van der Waals surface area contributed by atoms with Crippen LogP contribution in [0.1, 0.15) is 12.6 Å². The molecule has 0 saturated carbocycles. The standard InChI is InChI=1S/C7H12N4O5S/c8-17(14,15)7-9-3-10-11(7)6-1-4(13)5(2-12)16-6/h3-6,12-13H,1-2H2,(H2,8,14,15)/t4-,5+,6+/m0/s1. The first-order chi connectivity index (χ1) is 7.93. The lowest BCUT2D eigenvalue weighted by molar-refractivity contribution is -0.0517. The number of rotatable bonds is 3. The molecule has 2 heterocycles. The van der Waals surface area contributed by atoms with E-state index in [0.29, 0.717) is 0 Å². The van der Waals surface area contributed by atoms with Crippen LogP contribution in [0.5, 0.6) is 0 Å². The third kappa shape index (κ3) is 2.30. The van der Waals surface area contributed by atoms with Gasteiger partial charge in [-0.2, -0.15) is 5.10 Å². The van der Waals surface area contributed by atoms with E-state index in [-0.39, 0.29) is 13.0 Å². The molecule has 0 amide bonds. The normalized spacial score (nSPS) is 29.7. The highest BCUT2D eigenvalue weighted by Gasteiger charge is 2.37. The van der Waals surface area contributed by atoms with Crippen molar-refractivity contribution in [2.24, 2.45) is 5.14 Å². The van der Waals surface area contributed by atoms with Gasteiger partial charge in [0.05, 0.1) is 12.7 Å². The fourth-order valence-corrected chi connectivity index (χ4v) is 2.29. The van der Waals surface area contributed by atoms with E-state index in [2.05, 4.69) is 10.1 Å². The van der Waals surface area contributed by atoms with Crippen LogP contribution in [0.2, 0.25) is 0 Å². The molecule has 0 unspecified atom stereocenters. The lowest BCUT2D eigenvalue weighted by Crippen LogP contribution is -2.25. The molecule has 1 saturated heterocycles. The van der Waals surface area contributed by atoms with Gasteiger partial charge in [0.2, 0.25) is 0 Å². The highest BCUT2D eigenvalue weighted by molar-refractivity contribution is 7.89. The zero-order valence-corrected chi connectivity index (χ0v) is 9.49. The van der Waals surface area contributed by atoms with E-state index in [0.717, 1.165) is 11.0 Å². The molecular formula is C7H12N4O5S. The molecule has 0 radical (unpaired) electrons. The van der Waals surface area contributed by atoms with Crippen molar-refractivity contribution < 1.29 is 23.4 Å². The Kier molecular flexibility index (Phi) is 3.14. The number of ether oxygens (including phenoxy) is 1. The fraction of sp³-hybridized carbons (Fsp3) is 0.714. The quantitative estimate of drug-likeness (QED) is 0.551. The van der Waals surface area contributed by atoms with Crippen molar-refractivity contribution in [3.05, 3.63) is 6.33 Å². The maximum atomic E-state index is 11.2. The lowest BCUT2D eigenvalue weighted by Gasteiger charge is -2.13. The van der Waals surface area contributed by atoms with Crippen molar-refractivity contribution in [1.82, 2.24) is 14.8 Å². The van der Waals surface area contributed by atoms with Crippen molar-refractivity contribution in [1.29, 1.82) is 0 Å². The van der Waals surface area contributed by atoms with Gasteiger partial charge in [0, 0.05) is 6.42 Å². The van der Waals surface area contributed by atoms with E-state index in [1.807, 2.05) is 0 Å². The second-order valence-electron chi connectivity index (χ2n) is 3.65. The zero-order chi connectivity index (χ0) is 12.6. The van der Waals surface area contributed by atoms with Crippen molar-refractivity contribution in [3.63, 3.8) is 0 Å². The number of aliphatic hydroxyl groups is 2. The van der Waals surface area contributed by atoms with Gasteiger partial charge in [-0.05, 0) is 0 Å². The molecule has 0 aromatic carbocycles. The minimum atomic E-state index is -4.00. The fourth-order valence-electron chi connectivity index (χ4n) is 1.67. The van der Waals surface area contributed by atoms with Gasteiger partial charge in [-0.3, -0.25) is 0 Å². The van der Waals surface area contributed by atoms with Gasteiger partial charge in [0.1, 0.15) is 12.4 Å². The molecule has 1 fully saturated rings. The molecule has 0 bridgehead atoms. The number of hydrogen-bond acceptors (Lipinski definition) is 7. The minimum Gasteiger partial charge on any atom is -0.394 e. The molecular weight excluding hydrogens is 252 g/mol. The number of nitrogens with two attached hydrogens (primary N) is 1. The maximum Gasteiger partial charge on any atom is 0.273 e. The molecule has 10 heteroatoms. The molecule has 2 rings (SSSR count). The Bertz CT molecular complexity index is 500. The highest BCUT2D eigenvalue weighted by atomic mass is 32.2. The number of sulfonamides is 1. The Labute approximate surface area is 96.9 Å². The average molecular weight is 264 g/mol. The third-order valence-corrected chi connectivity index (χ3v) is 3.25. The summed E-state index contributed by atoms with van der Waals surface area (Å²) in [5.74, 6) is 0. The highest BCUT2D eigenvalue weighted by Crippen LogP contribution is 2.29. The second kappa shape index (κ2) is 4.31. The lowest BCUT2D eigenvalue weighted by atomic mass is 10.2. The molecule has 4 N–H and O–H groups in total. The van der Waals surface area contributed by atoms with Crippen LogP contribution < -0.4 is 5.14 Å². The van der Waals surface area contributed by atoms with Crippen molar-refractivity contribution in [2.75, 3.05) is 6.61 Å². The monoisotopic (exact) mass is 264 g/mol. The SMILES string of the molecule is NS(=O)(=O)c1ncnn1[C@H]1C[C@H](O)[C@@H](CO)O1. The molecule has 96 valence electrons. The van der Waals surface area contributed by atoms with Crippen molar-refractivity contribution in [2.45, 2.75) is 30.0 Å². The van der Waals surface area contributed by atoms with Crippen LogP contribution in [-0.4, -0.2) is 52.2 Å². The topological polar surface area (TPSA) is 141 Å².